The molecule has 0 aromatic carbocycles. The van der Waals surface area contributed by atoms with Gasteiger partial charge >= 0.3 is 0 Å². The van der Waals surface area contributed by atoms with Crippen LogP contribution in [0.2, 0.25) is 0 Å². The van der Waals surface area contributed by atoms with Gasteiger partial charge in [-0.25, -0.2) is 0 Å². The first-order chi connectivity index (χ1) is 7.26. The van der Waals surface area contributed by atoms with Gasteiger partial charge in [0.2, 0.25) is 5.91 Å². The van der Waals surface area contributed by atoms with E-state index in [1.165, 1.54) is 0 Å². The van der Waals surface area contributed by atoms with E-state index < -0.39 is 0 Å². The van der Waals surface area contributed by atoms with Crippen LogP contribution in [-0.4, -0.2) is 40.9 Å². The van der Waals surface area contributed by atoms with Crippen LogP contribution in [-0.2, 0) is 4.79 Å². The Hall–Kier alpha value is 0.0700. The molecule has 0 aromatic rings. The summed E-state index contributed by atoms with van der Waals surface area (Å²) in [4.78, 5) is 13.9. The van der Waals surface area contributed by atoms with Gasteiger partial charge in [-0.05, 0) is 18.4 Å². The van der Waals surface area contributed by atoms with Crippen LogP contribution in [0.25, 0.3) is 0 Å². The summed E-state index contributed by atoms with van der Waals surface area (Å²) >= 11 is 1.71. The van der Waals surface area contributed by atoms with Gasteiger partial charge in [-0.3, -0.25) is 4.79 Å². The normalized spacial score (nSPS) is 24.6. The Morgan fingerprint density at radius 3 is 2.47 bits per heavy atom. The molecule has 0 aliphatic carbocycles. The summed E-state index contributed by atoms with van der Waals surface area (Å²) in [6.07, 6.45) is 1.04. The van der Waals surface area contributed by atoms with Gasteiger partial charge in [0.05, 0.1) is 5.75 Å². The summed E-state index contributed by atoms with van der Waals surface area (Å²) in [6, 6.07) is 0. The SMILES string of the molecule is CC1(CN)CCN(C(=O)CSC(C)(C)C)C1.Cl. The lowest BCUT2D eigenvalue weighted by Gasteiger charge is -2.24. The van der Waals surface area contributed by atoms with Crippen LogP contribution in [0.4, 0.5) is 0 Å². The van der Waals surface area contributed by atoms with Crippen molar-refractivity contribution in [1.82, 2.24) is 4.90 Å². The molecule has 0 saturated carbocycles. The van der Waals surface area contributed by atoms with E-state index in [2.05, 4.69) is 27.7 Å². The average Bonchev–Trinajstić information content (AvgIpc) is 2.57. The molecule has 1 atom stereocenters. The van der Waals surface area contributed by atoms with Crippen molar-refractivity contribution >= 4 is 30.1 Å². The van der Waals surface area contributed by atoms with Crippen LogP contribution in [0.15, 0.2) is 0 Å². The van der Waals surface area contributed by atoms with Gasteiger partial charge in [0, 0.05) is 17.8 Å². The fraction of sp³-hybridized carbons (Fsp3) is 0.917. The van der Waals surface area contributed by atoms with Crippen molar-refractivity contribution in [2.75, 3.05) is 25.4 Å². The molecule has 0 radical (unpaired) electrons. The molecule has 0 bridgehead atoms. The molecule has 1 amide bonds. The van der Waals surface area contributed by atoms with Gasteiger partial charge in [-0.1, -0.05) is 27.7 Å². The molecule has 1 rings (SSSR count). The van der Waals surface area contributed by atoms with E-state index in [9.17, 15) is 4.79 Å². The number of rotatable bonds is 3. The molecule has 5 heteroatoms. The second-order valence-corrected chi connectivity index (χ2v) is 7.78. The number of thioether (sulfide) groups is 1. The third-order valence-corrected chi connectivity index (χ3v) is 4.29. The molecule has 3 nitrogen and oxygen atoms in total. The molecule has 1 heterocycles. The zero-order chi connectivity index (χ0) is 12.4. The van der Waals surface area contributed by atoms with Crippen LogP contribution in [0.5, 0.6) is 0 Å². The predicted octanol–water partition coefficient (Wildman–Crippen LogP) is 2.14. The molecule has 1 unspecified atom stereocenters. The van der Waals surface area contributed by atoms with Crippen molar-refractivity contribution in [2.24, 2.45) is 11.1 Å². The molecule has 0 aromatic heterocycles. The number of halogens is 1. The molecular formula is C12H25ClN2OS. The highest BCUT2D eigenvalue weighted by Gasteiger charge is 2.34. The van der Waals surface area contributed by atoms with Crippen LogP contribution >= 0.6 is 24.2 Å². The Balaban J connectivity index is 0.00000256. The minimum Gasteiger partial charge on any atom is -0.341 e. The zero-order valence-corrected chi connectivity index (χ0v) is 12.9. The van der Waals surface area contributed by atoms with Gasteiger partial charge < -0.3 is 10.6 Å². The summed E-state index contributed by atoms with van der Waals surface area (Å²) in [5, 5.41) is 0. The Bertz CT molecular complexity index is 268. The number of amides is 1. The molecule has 102 valence electrons. The lowest BCUT2D eigenvalue weighted by Crippen LogP contribution is -2.35. The average molecular weight is 281 g/mol. The molecule has 17 heavy (non-hydrogen) atoms. The summed E-state index contributed by atoms with van der Waals surface area (Å²) < 4.78 is 0.159. The quantitative estimate of drug-likeness (QED) is 0.862. The highest BCUT2D eigenvalue weighted by atomic mass is 35.5. The molecule has 2 N–H and O–H groups in total. The van der Waals surface area contributed by atoms with Gasteiger partial charge in [0.25, 0.3) is 0 Å². The maximum atomic E-state index is 12.0. The fourth-order valence-electron chi connectivity index (χ4n) is 1.77. The number of likely N-dealkylation sites (tertiary alicyclic amines) is 1. The summed E-state index contributed by atoms with van der Waals surface area (Å²) in [5.41, 5.74) is 5.87. The first kappa shape index (κ1) is 17.1. The first-order valence-corrected chi connectivity index (χ1v) is 6.86. The Morgan fingerprint density at radius 2 is 2.06 bits per heavy atom. The van der Waals surface area contributed by atoms with Gasteiger partial charge in [0.15, 0.2) is 0 Å². The summed E-state index contributed by atoms with van der Waals surface area (Å²) in [6.45, 7) is 10.9. The number of hydrogen-bond donors (Lipinski definition) is 1. The van der Waals surface area contributed by atoms with Crippen LogP contribution in [0.3, 0.4) is 0 Å². The van der Waals surface area contributed by atoms with E-state index >= 15 is 0 Å². The molecule has 1 aliphatic heterocycles. The number of hydrogen-bond acceptors (Lipinski definition) is 3. The van der Waals surface area contributed by atoms with Crippen molar-refractivity contribution < 1.29 is 4.79 Å². The monoisotopic (exact) mass is 280 g/mol. The lowest BCUT2D eigenvalue weighted by molar-refractivity contribution is -0.127. The van der Waals surface area contributed by atoms with Crippen molar-refractivity contribution in [3.63, 3.8) is 0 Å². The Kier molecular flexibility index (Phi) is 6.33. The van der Waals surface area contributed by atoms with E-state index in [0.29, 0.717) is 12.3 Å². The topological polar surface area (TPSA) is 46.3 Å². The highest BCUT2D eigenvalue weighted by molar-refractivity contribution is 8.01. The predicted molar refractivity (Wildman–Crippen MR) is 77.8 cm³/mol. The van der Waals surface area contributed by atoms with Crippen LogP contribution < -0.4 is 5.73 Å². The minimum atomic E-state index is 0. The number of nitrogens with zero attached hydrogens (tertiary/aromatic N) is 1. The first-order valence-electron chi connectivity index (χ1n) is 5.88. The highest BCUT2D eigenvalue weighted by Crippen LogP contribution is 2.30. The lowest BCUT2D eigenvalue weighted by atomic mass is 9.90. The van der Waals surface area contributed by atoms with Gasteiger partial charge in [0.1, 0.15) is 0 Å². The largest absolute Gasteiger partial charge is 0.341 e. The molecule has 1 fully saturated rings. The molecule has 0 spiro atoms. The maximum absolute atomic E-state index is 12.0. The van der Waals surface area contributed by atoms with Crippen molar-refractivity contribution in [3.8, 4) is 0 Å². The summed E-state index contributed by atoms with van der Waals surface area (Å²) in [5.74, 6) is 0.849. The smallest absolute Gasteiger partial charge is 0.232 e. The third-order valence-electron chi connectivity index (χ3n) is 3.03. The molecule has 1 aliphatic rings. The number of nitrogens with two attached hydrogens (primary N) is 1. The number of carbonyl (C=O) groups is 1. The van der Waals surface area contributed by atoms with E-state index in [1.807, 2.05) is 4.90 Å². The van der Waals surface area contributed by atoms with E-state index in [1.54, 1.807) is 11.8 Å². The molecule has 1 saturated heterocycles. The third kappa shape index (κ3) is 5.49. The maximum Gasteiger partial charge on any atom is 0.232 e. The van der Waals surface area contributed by atoms with Crippen LogP contribution in [0.1, 0.15) is 34.1 Å². The van der Waals surface area contributed by atoms with E-state index in [0.717, 1.165) is 19.5 Å². The Labute approximate surface area is 115 Å². The fourth-order valence-corrected chi connectivity index (χ4v) is 2.51. The van der Waals surface area contributed by atoms with Crippen LogP contribution in [0, 0.1) is 5.41 Å². The Morgan fingerprint density at radius 1 is 1.47 bits per heavy atom. The van der Waals surface area contributed by atoms with Gasteiger partial charge in [-0.2, -0.15) is 0 Å². The van der Waals surface area contributed by atoms with E-state index in [-0.39, 0.29) is 28.5 Å². The second-order valence-electron chi connectivity index (χ2n) is 5.98. The minimum absolute atomic E-state index is 0. The summed E-state index contributed by atoms with van der Waals surface area (Å²) in [7, 11) is 0. The zero-order valence-electron chi connectivity index (χ0n) is 11.3. The second kappa shape index (κ2) is 6.30. The van der Waals surface area contributed by atoms with Crippen molar-refractivity contribution in [3.05, 3.63) is 0 Å². The molecular weight excluding hydrogens is 256 g/mol. The number of carbonyl (C=O) groups excluding carboxylic acids is 1. The van der Waals surface area contributed by atoms with E-state index in [4.69, 9.17) is 5.73 Å². The van der Waals surface area contributed by atoms with Crippen molar-refractivity contribution in [1.29, 1.82) is 0 Å². The standard InChI is InChI=1S/C12H24N2OS.ClH/c1-11(2,3)16-7-10(15)14-6-5-12(4,8-13)9-14;/h5-9,13H2,1-4H3;1H. The van der Waals surface area contributed by atoms with Gasteiger partial charge in [-0.15, -0.1) is 24.2 Å². The van der Waals surface area contributed by atoms with Crippen molar-refractivity contribution in [2.45, 2.75) is 38.9 Å².